The molecule has 0 atom stereocenters. The molecular weight excluding hydrogens is 200 g/mol. The number of carboxylic acids is 1. The quantitative estimate of drug-likeness (QED) is 0.608. The van der Waals surface area contributed by atoms with Gasteiger partial charge in [0.1, 0.15) is 0 Å². The summed E-state index contributed by atoms with van der Waals surface area (Å²) in [6.45, 7) is 10.0. The predicted octanol–water partition coefficient (Wildman–Crippen LogP) is 0.661. The van der Waals surface area contributed by atoms with Crippen molar-refractivity contribution in [1.82, 2.24) is 0 Å². The van der Waals surface area contributed by atoms with Crippen molar-refractivity contribution in [2.24, 2.45) is 0 Å². The van der Waals surface area contributed by atoms with E-state index >= 15 is 0 Å². The third-order valence-corrected chi connectivity index (χ3v) is 0.873. The molecule has 15 heavy (non-hydrogen) atoms. The number of rotatable bonds is 4. The third-order valence-electron chi connectivity index (χ3n) is 0.873. The van der Waals surface area contributed by atoms with E-state index in [0.29, 0.717) is 0 Å². The zero-order valence-corrected chi connectivity index (χ0v) is 9.69. The van der Waals surface area contributed by atoms with Gasteiger partial charge in [0.05, 0.1) is 13.2 Å². The summed E-state index contributed by atoms with van der Waals surface area (Å²) in [5.74, 6) is -0.935. The molecule has 0 bridgehead atoms. The Labute approximate surface area is 91.0 Å². The molecule has 0 rings (SSSR count). The fourth-order valence-corrected chi connectivity index (χ4v) is 0.204. The fourth-order valence-electron chi connectivity index (χ4n) is 0.204. The summed E-state index contributed by atoms with van der Waals surface area (Å²) in [7, 11) is 0. The van der Waals surface area contributed by atoms with E-state index in [1.807, 2.05) is 13.8 Å². The fraction of sp³-hybridized carbons (Fsp3) is 0.700. The molecule has 0 aromatic rings. The summed E-state index contributed by atoms with van der Waals surface area (Å²) in [5, 5.41) is 23.1. The minimum atomic E-state index is -0.935. The second-order valence-electron chi connectivity index (χ2n) is 2.31. The van der Waals surface area contributed by atoms with Crippen molar-refractivity contribution < 1.29 is 24.9 Å². The third kappa shape index (κ3) is 43.4. The van der Waals surface area contributed by atoms with Crippen LogP contribution in [0.3, 0.4) is 0 Å². The van der Waals surface area contributed by atoms with E-state index < -0.39 is 5.97 Å². The minimum absolute atomic E-state index is 0.125. The van der Waals surface area contributed by atoms with Gasteiger partial charge in [-0.05, 0) is 20.8 Å². The molecule has 0 radical (unpaired) electrons. The van der Waals surface area contributed by atoms with Crippen LogP contribution in [0.5, 0.6) is 0 Å². The standard InChI is InChI=1S/C4H6O2.C4H10O.C2H6O2/c1-3(2)4(5)6;1-3-5-4-2;3-1-2-4/h1H2,2H3,(H,5,6);3-4H2,1-2H3;3-4H,1-2H2. The molecule has 0 aliphatic heterocycles. The largest absolute Gasteiger partial charge is 0.478 e. The Morgan fingerprint density at radius 1 is 1.20 bits per heavy atom. The van der Waals surface area contributed by atoms with Crippen LogP contribution in [0.25, 0.3) is 0 Å². The van der Waals surface area contributed by atoms with E-state index in [4.69, 9.17) is 20.1 Å². The van der Waals surface area contributed by atoms with Crippen LogP contribution in [0.2, 0.25) is 0 Å². The van der Waals surface area contributed by atoms with Crippen molar-refractivity contribution in [2.75, 3.05) is 26.4 Å². The second-order valence-corrected chi connectivity index (χ2v) is 2.31. The Balaban J connectivity index is -0.000000147. The molecular formula is C10H22O5. The highest BCUT2D eigenvalue weighted by Crippen LogP contribution is 1.81. The lowest BCUT2D eigenvalue weighted by Gasteiger charge is -1.86. The summed E-state index contributed by atoms with van der Waals surface area (Å²) in [6.07, 6.45) is 0. The molecule has 0 saturated heterocycles. The van der Waals surface area contributed by atoms with Crippen LogP contribution in [-0.4, -0.2) is 47.7 Å². The first kappa shape index (κ1) is 19.6. The van der Waals surface area contributed by atoms with Crippen LogP contribution in [0, 0.1) is 0 Å². The highest BCUT2D eigenvalue weighted by Gasteiger charge is 1.90. The molecule has 0 aromatic heterocycles. The smallest absolute Gasteiger partial charge is 0.330 e. The second kappa shape index (κ2) is 18.8. The van der Waals surface area contributed by atoms with Crippen LogP contribution in [0.1, 0.15) is 20.8 Å². The van der Waals surface area contributed by atoms with Gasteiger partial charge in [-0.3, -0.25) is 0 Å². The molecule has 0 aliphatic carbocycles. The van der Waals surface area contributed by atoms with Gasteiger partial charge in [0.2, 0.25) is 0 Å². The first-order valence-electron chi connectivity index (χ1n) is 4.66. The van der Waals surface area contributed by atoms with Crippen molar-refractivity contribution >= 4 is 5.97 Å². The molecule has 0 unspecified atom stereocenters. The molecule has 0 heterocycles. The summed E-state index contributed by atoms with van der Waals surface area (Å²) in [4.78, 5) is 9.60. The van der Waals surface area contributed by atoms with Crippen molar-refractivity contribution in [3.63, 3.8) is 0 Å². The Morgan fingerprint density at radius 3 is 1.47 bits per heavy atom. The number of aliphatic carboxylic acids is 1. The van der Waals surface area contributed by atoms with E-state index in [2.05, 4.69) is 6.58 Å². The zero-order chi connectivity index (χ0) is 12.7. The van der Waals surface area contributed by atoms with E-state index in [-0.39, 0.29) is 18.8 Å². The molecule has 5 nitrogen and oxygen atoms in total. The van der Waals surface area contributed by atoms with Crippen LogP contribution in [0.15, 0.2) is 12.2 Å². The Morgan fingerprint density at radius 2 is 1.47 bits per heavy atom. The molecule has 92 valence electrons. The summed E-state index contributed by atoms with van der Waals surface area (Å²) in [6, 6.07) is 0. The predicted molar refractivity (Wildman–Crippen MR) is 58.8 cm³/mol. The SMILES string of the molecule is C=C(C)C(=O)O.CCOCC.OCCO. The molecule has 3 N–H and O–H groups in total. The van der Waals surface area contributed by atoms with E-state index in [1.165, 1.54) is 6.92 Å². The minimum Gasteiger partial charge on any atom is -0.478 e. The number of aliphatic hydroxyl groups is 2. The molecule has 0 aromatic carbocycles. The summed E-state index contributed by atoms with van der Waals surface area (Å²) < 4.78 is 4.83. The topological polar surface area (TPSA) is 87.0 Å². The lowest BCUT2D eigenvalue weighted by atomic mass is 10.4. The number of ether oxygens (including phenoxy) is 1. The number of hydrogen-bond donors (Lipinski definition) is 3. The molecule has 0 spiro atoms. The first-order valence-corrected chi connectivity index (χ1v) is 4.66. The van der Waals surface area contributed by atoms with Crippen LogP contribution < -0.4 is 0 Å². The van der Waals surface area contributed by atoms with Gasteiger partial charge in [0, 0.05) is 18.8 Å². The lowest BCUT2D eigenvalue weighted by molar-refractivity contribution is -0.132. The van der Waals surface area contributed by atoms with Crippen LogP contribution in [-0.2, 0) is 9.53 Å². The maximum Gasteiger partial charge on any atom is 0.330 e. The van der Waals surface area contributed by atoms with Gasteiger partial charge < -0.3 is 20.1 Å². The Bertz CT molecular complexity index is 129. The zero-order valence-electron chi connectivity index (χ0n) is 9.69. The molecule has 5 heteroatoms. The van der Waals surface area contributed by atoms with Crippen LogP contribution in [0.4, 0.5) is 0 Å². The molecule has 0 aliphatic rings. The van der Waals surface area contributed by atoms with Gasteiger partial charge in [-0.2, -0.15) is 0 Å². The van der Waals surface area contributed by atoms with Gasteiger partial charge in [-0.1, -0.05) is 6.58 Å². The normalized spacial score (nSPS) is 7.80. The molecule has 0 fully saturated rings. The number of carboxylic acid groups (broad SMARTS) is 1. The Kier molecular flexibility index (Phi) is 24.6. The van der Waals surface area contributed by atoms with E-state index in [9.17, 15) is 4.79 Å². The monoisotopic (exact) mass is 222 g/mol. The van der Waals surface area contributed by atoms with Gasteiger partial charge >= 0.3 is 5.97 Å². The van der Waals surface area contributed by atoms with Gasteiger partial charge in [-0.15, -0.1) is 0 Å². The van der Waals surface area contributed by atoms with Crippen LogP contribution >= 0.6 is 0 Å². The average molecular weight is 222 g/mol. The summed E-state index contributed by atoms with van der Waals surface area (Å²) >= 11 is 0. The highest BCUT2D eigenvalue weighted by molar-refractivity contribution is 5.84. The Hall–Kier alpha value is -0.910. The van der Waals surface area contributed by atoms with Gasteiger partial charge in [0.15, 0.2) is 0 Å². The van der Waals surface area contributed by atoms with Crippen molar-refractivity contribution in [3.8, 4) is 0 Å². The highest BCUT2D eigenvalue weighted by atomic mass is 16.5. The van der Waals surface area contributed by atoms with Crippen molar-refractivity contribution in [1.29, 1.82) is 0 Å². The molecule has 0 amide bonds. The maximum absolute atomic E-state index is 9.60. The van der Waals surface area contributed by atoms with Crippen molar-refractivity contribution in [2.45, 2.75) is 20.8 Å². The first-order chi connectivity index (χ1) is 6.97. The maximum atomic E-state index is 9.60. The average Bonchev–Trinajstić information content (AvgIpc) is 2.20. The number of carbonyl (C=O) groups is 1. The molecule has 0 saturated carbocycles. The van der Waals surface area contributed by atoms with Gasteiger partial charge in [0.25, 0.3) is 0 Å². The number of aliphatic hydroxyl groups excluding tert-OH is 2. The number of hydrogen-bond acceptors (Lipinski definition) is 4. The van der Waals surface area contributed by atoms with Gasteiger partial charge in [-0.25, -0.2) is 4.79 Å². The summed E-state index contributed by atoms with van der Waals surface area (Å²) in [5.41, 5.74) is 0.176. The van der Waals surface area contributed by atoms with E-state index in [0.717, 1.165) is 13.2 Å². The van der Waals surface area contributed by atoms with Crippen molar-refractivity contribution in [3.05, 3.63) is 12.2 Å². The lowest BCUT2D eigenvalue weighted by Crippen LogP contribution is -1.92. The van der Waals surface area contributed by atoms with E-state index in [1.54, 1.807) is 0 Å².